The van der Waals surface area contributed by atoms with E-state index in [2.05, 4.69) is 9.72 Å². The SMILES string of the molecule is COCC(=O)C=C(C)c1ccc(C(F)(F)F)nc1. The van der Waals surface area contributed by atoms with E-state index in [0.29, 0.717) is 11.1 Å². The van der Waals surface area contributed by atoms with Crippen LogP contribution in [-0.4, -0.2) is 24.5 Å². The maximum atomic E-state index is 12.3. The fourth-order valence-electron chi connectivity index (χ4n) is 1.30. The van der Waals surface area contributed by atoms with Crippen LogP contribution in [0.1, 0.15) is 18.2 Å². The van der Waals surface area contributed by atoms with Crippen LogP contribution in [0.4, 0.5) is 13.2 Å². The Morgan fingerprint density at radius 3 is 2.56 bits per heavy atom. The normalized spacial score (nSPS) is 12.6. The maximum absolute atomic E-state index is 12.3. The Bertz CT molecular complexity index is 449. The standard InChI is InChI=1S/C12H12F3NO2/c1-8(5-10(17)7-18-2)9-3-4-11(16-6-9)12(13,14)15/h3-6H,7H2,1-2H3. The van der Waals surface area contributed by atoms with Gasteiger partial charge in [0, 0.05) is 13.3 Å². The van der Waals surface area contributed by atoms with E-state index in [4.69, 9.17) is 0 Å². The molecule has 18 heavy (non-hydrogen) atoms. The fraction of sp³-hybridized carbons (Fsp3) is 0.333. The summed E-state index contributed by atoms with van der Waals surface area (Å²) in [5.74, 6) is -0.255. The van der Waals surface area contributed by atoms with Crippen molar-refractivity contribution in [2.75, 3.05) is 13.7 Å². The lowest BCUT2D eigenvalue weighted by Crippen LogP contribution is -2.07. The van der Waals surface area contributed by atoms with Crippen LogP contribution in [0.5, 0.6) is 0 Å². The van der Waals surface area contributed by atoms with Crippen LogP contribution in [-0.2, 0) is 15.7 Å². The number of allylic oxidation sites excluding steroid dienone is 1. The Morgan fingerprint density at radius 2 is 2.11 bits per heavy atom. The molecule has 1 aromatic rings. The first-order valence-electron chi connectivity index (χ1n) is 5.08. The number of hydrogen-bond acceptors (Lipinski definition) is 3. The van der Waals surface area contributed by atoms with Crippen LogP contribution < -0.4 is 0 Å². The van der Waals surface area contributed by atoms with Gasteiger partial charge in [-0.25, -0.2) is 0 Å². The van der Waals surface area contributed by atoms with Gasteiger partial charge in [-0.1, -0.05) is 6.07 Å². The van der Waals surface area contributed by atoms with E-state index in [1.54, 1.807) is 6.92 Å². The second-order valence-electron chi connectivity index (χ2n) is 3.66. The molecule has 1 aromatic heterocycles. The monoisotopic (exact) mass is 259 g/mol. The van der Waals surface area contributed by atoms with Gasteiger partial charge in [-0.3, -0.25) is 9.78 Å². The molecule has 0 N–H and O–H groups in total. The third kappa shape index (κ3) is 3.96. The first kappa shape index (κ1) is 14.4. The third-order valence-corrected chi connectivity index (χ3v) is 2.17. The third-order valence-electron chi connectivity index (χ3n) is 2.17. The lowest BCUT2D eigenvalue weighted by Gasteiger charge is -2.06. The van der Waals surface area contributed by atoms with Gasteiger partial charge in [-0.2, -0.15) is 13.2 Å². The Hall–Kier alpha value is -1.69. The quantitative estimate of drug-likeness (QED) is 0.780. The van der Waals surface area contributed by atoms with Crippen LogP contribution in [0.25, 0.3) is 5.57 Å². The van der Waals surface area contributed by atoms with Gasteiger partial charge in [-0.05, 0) is 30.2 Å². The highest BCUT2D eigenvalue weighted by molar-refractivity contribution is 5.97. The summed E-state index contributed by atoms with van der Waals surface area (Å²) in [6, 6.07) is 2.16. The summed E-state index contributed by atoms with van der Waals surface area (Å²) in [5, 5.41) is 0. The molecule has 0 aromatic carbocycles. The molecule has 0 saturated carbocycles. The van der Waals surface area contributed by atoms with E-state index in [1.807, 2.05) is 0 Å². The van der Waals surface area contributed by atoms with Gasteiger partial charge in [0.2, 0.25) is 0 Å². The zero-order valence-electron chi connectivity index (χ0n) is 9.91. The smallest absolute Gasteiger partial charge is 0.377 e. The molecule has 1 heterocycles. The van der Waals surface area contributed by atoms with Crippen molar-refractivity contribution in [1.29, 1.82) is 0 Å². The zero-order chi connectivity index (χ0) is 13.8. The number of hydrogen-bond donors (Lipinski definition) is 0. The minimum absolute atomic E-state index is 0.0641. The highest BCUT2D eigenvalue weighted by atomic mass is 19.4. The molecule has 0 aliphatic heterocycles. The van der Waals surface area contributed by atoms with E-state index in [1.165, 1.54) is 19.3 Å². The summed E-state index contributed by atoms with van der Waals surface area (Å²) in [6.45, 7) is 1.56. The summed E-state index contributed by atoms with van der Waals surface area (Å²) >= 11 is 0. The molecule has 0 bridgehead atoms. The fourth-order valence-corrected chi connectivity index (χ4v) is 1.30. The van der Waals surface area contributed by atoms with Crippen molar-refractivity contribution in [2.45, 2.75) is 13.1 Å². The van der Waals surface area contributed by atoms with Crippen molar-refractivity contribution in [3.05, 3.63) is 35.7 Å². The Balaban J connectivity index is 2.89. The molecule has 0 unspecified atom stereocenters. The number of carbonyl (C=O) groups is 1. The largest absolute Gasteiger partial charge is 0.433 e. The highest BCUT2D eigenvalue weighted by Crippen LogP contribution is 2.27. The van der Waals surface area contributed by atoms with Crippen LogP contribution in [0.3, 0.4) is 0 Å². The molecular formula is C12H12F3NO2. The maximum Gasteiger partial charge on any atom is 0.433 e. The molecule has 0 saturated heterocycles. The van der Waals surface area contributed by atoms with E-state index in [-0.39, 0.29) is 12.4 Å². The molecule has 0 radical (unpaired) electrons. The minimum atomic E-state index is -4.46. The lowest BCUT2D eigenvalue weighted by atomic mass is 10.1. The number of ether oxygens (including phenoxy) is 1. The van der Waals surface area contributed by atoms with Crippen LogP contribution in [0.2, 0.25) is 0 Å². The second kappa shape index (κ2) is 5.77. The number of halogens is 3. The first-order valence-corrected chi connectivity index (χ1v) is 5.08. The number of ketones is 1. The Labute approximate surface area is 102 Å². The summed E-state index contributed by atoms with van der Waals surface area (Å²) in [4.78, 5) is 14.6. The van der Waals surface area contributed by atoms with Gasteiger partial charge in [0.1, 0.15) is 12.3 Å². The van der Waals surface area contributed by atoms with Crippen LogP contribution >= 0.6 is 0 Å². The zero-order valence-corrected chi connectivity index (χ0v) is 9.91. The van der Waals surface area contributed by atoms with Crippen molar-refractivity contribution in [3.8, 4) is 0 Å². The van der Waals surface area contributed by atoms with E-state index in [9.17, 15) is 18.0 Å². The average Bonchev–Trinajstić information content (AvgIpc) is 2.28. The van der Waals surface area contributed by atoms with E-state index < -0.39 is 11.9 Å². The molecule has 0 amide bonds. The number of methoxy groups -OCH3 is 1. The van der Waals surface area contributed by atoms with Gasteiger partial charge in [-0.15, -0.1) is 0 Å². The number of rotatable bonds is 4. The van der Waals surface area contributed by atoms with Crippen molar-refractivity contribution in [1.82, 2.24) is 4.98 Å². The minimum Gasteiger partial charge on any atom is -0.377 e. The summed E-state index contributed by atoms with van der Waals surface area (Å²) in [5.41, 5.74) is 0.0491. The Kier molecular flexibility index (Phi) is 4.61. The van der Waals surface area contributed by atoms with Crippen molar-refractivity contribution in [2.24, 2.45) is 0 Å². The molecule has 6 heteroatoms. The molecule has 98 valence electrons. The molecule has 3 nitrogen and oxygen atoms in total. The van der Waals surface area contributed by atoms with Crippen LogP contribution in [0.15, 0.2) is 24.4 Å². The molecule has 0 aliphatic carbocycles. The second-order valence-corrected chi connectivity index (χ2v) is 3.66. The lowest BCUT2D eigenvalue weighted by molar-refractivity contribution is -0.141. The van der Waals surface area contributed by atoms with Crippen molar-refractivity contribution in [3.63, 3.8) is 0 Å². The number of pyridine rings is 1. The summed E-state index contributed by atoms with van der Waals surface area (Å²) < 4.78 is 41.5. The number of aromatic nitrogens is 1. The van der Waals surface area contributed by atoms with Gasteiger partial charge < -0.3 is 4.74 Å². The molecule has 0 spiro atoms. The Morgan fingerprint density at radius 1 is 1.44 bits per heavy atom. The summed E-state index contributed by atoms with van der Waals surface area (Å²) in [7, 11) is 1.39. The van der Waals surface area contributed by atoms with Crippen LogP contribution in [0, 0.1) is 0 Å². The number of alkyl halides is 3. The molecule has 1 rings (SSSR count). The predicted molar refractivity (Wildman–Crippen MR) is 59.8 cm³/mol. The van der Waals surface area contributed by atoms with E-state index in [0.717, 1.165) is 12.3 Å². The molecular weight excluding hydrogens is 247 g/mol. The predicted octanol–water partition coefficient (Wildman–Crippen LogP) is 2.72. The highest BCUT2D eigenvalue weighted by Gasteiger charge is 2.31. The van der Waals surface area contributed by atoms with Gasteiger partial charge in [0.15, 0.2) is 5.78 Å². The van der Waals surface area contributed by atoms with Gasteiger partial charge in [0.05, 0.1) is 0 Å². The molecule has 0 aliphatic rings. The molecule has 0 fully saturated rings. The topological polar surface area (TPSA) is 39.2 Å². The number of carbonyl (C=O) groups excluding carboxylic acids is 1. The van der Waals surface area contributed by atoms with Crippen molar-refractivity contribution < 1.29 is 22.7 Å². The van der Waals surface area contributed by atoms with Gasteiger partial charge in [0.25, 0.3) is 0 Å². The molecule has 0 atom stereocenters. The first-order chi connectivity index (χ1) is 8.34. The summed E-state index contributed by atoms with van der Waals surface area (Å²) in [6.07, 6.45) is -2.05. The average molecular weight is 259 g/mol. The van der Waals surface area contributed by atoms with Crippen molar-refractivity contribution >= 4 is 11.4 Å². The number of nitrogens with zero attached hydrogens (tertiary/aromatic N) is 1. The van der Waals surface area contributed by atoms with E-state index >= 15 is 0 Å². The van der Waals surface area contributed by atoms with Gasteiger partial charge >= 0.3 is 6.18 Å².